The number of aryl methyl sites for hydroxylation is 2. The second-order valence-electron chi connectivity index (χ2n) is 7.45. The summed E-state index contributed by atoms with van der Waals surface area (Å²) in [6, 6.07) is 6.25. The summed E-state index contributed by atoms with van der Waals surface area (Å²) in [5, 5.41) is -0.620. The molecule has 0 saturated heterocycles. The number of hydrogen-bond donors (Lipinski definition) is 1. The van der Waals surface area contributed by atoms with Gasteiger partial charge in [0.2, 0.25) is 5.53 Å². The van der Waals surface area contributed by atoms with Crippen molar-refractivity contribution in [3.63, 3.8) is 0 Å². The monoisotopic (exact) mass is 378 g/mol. The third-order valence-corrected chi connectivity index (χ3v) is 9.18. The van der Waals surface area contributed by atoms with Gasteiger partial charge < -0.3 is 10.2 Å². The van der Waals surface area contributed by atoms with Crippen molar-refractivity contribution in [3.8, 4) is 5.75 Å². The van der Waals surface area contributed by atoms with E-state index in [0.29, 0.717) is 18.4 Å². The van der Waals surface area contributed by atoms with E-state index in [1.165, 1.54) is 12.1 Å². The lowest BCUT2D eigenvalue weighted by molar-refractivity contribution is 0.259. The van der Waals surface area contributed by atoms with Crippen LogP contribution < -0.4 is 10.2 Å². The molecule has 1 unspecified atom stereocenters. The fourth-order valence-electron chi connectivity index (χ4n) is 2.47. The van der Waals surface area contributed by atoms with Crippen molar-refractivity contribution in [2.24, 2.45) is 5.73 Å². The van der Waals surface area contributed by atoms with Crippen LogP contribution in [0.2, 0.25) is 11.6 Å². The van der Waals surface area contributed by atoms with Gasteiger partial charge in [-0.2, -0.15) is 0 Å². The molecule has 26 heavy (non-hydrogen) atoms. The fraction of sp³-hybridized carbons (Fsp3) is 0.368. The molecule has 7 heteroatoms. The standard InChI is InChI=1S/C19H24F2N2O2Si/c1-19(2,3)26(4,18(22)24)25-17-15(20)8-7-14(16(17)21)6-5-13-9-11-23-12-10-13/h7-12H,5-6H2,1-4H3,(H2,22,24). The third kappa shape index (κ3) is 4.09. The highest BCUT2D eigenvalue weighted by Crippen LogP contribution is 2.39. The van der Waals surface area contributed by atoms with Gasteiger partial charge in [-0.05, 0) is 53.8 Å². The molecule has 2 rings (SSSR count). The minimum atomic E-state index is -3.29. The molecular weight excluding hydrogens is 354 g/mol. The molecule has 1 amide bonds. The van der Waals surface area contributed by atoms with Crippen LogP contribution in [0.25, 0.3) is 0 Å². The summed E-state index contributed by atoms with van der Waals surface area (Å²) in [6.07, 6.45) is 4.28. The number of rotatable bonds is 6. The van der Waals surface area contributed by atoms with E-state index in [1.807, 2.05) is 12.1 Å². The summed E-state index contributed by atoms with van der Waals surface area (Å²) in [4.78, 5) is 15.9. The molecule has 0 bridgehead atoms. The normalized spacial score (nSPS) is 13.9. The second-order valence-corrected chi connectivity index (χ2v) is 11.7. The van der Waals surface area contributed by atoms with Crippen molar-refractivity contribution < 1.29 is 18.0 Å². The fourth-order valence-corrected chi connectivity index (χ4v) is 4.21. The van der Waals surface area contributed by atoms with Crippen molar-refractivity contribution in [2.45, 2.75) is 45.2 Å². The van der Waals surface area contributed by atoms with Crippen LogP contribution in [0, 0.1) is 11.6 Å². The molecule has 0 radical (unpaired) electrons. The Kier molecular flexibility index (Phi) is 5.80. The number of aromatic nitrogens is 1. The SMILES string of the molecule is CC(C)(C)[Si](C)(Oc1c(F)ccc(CCc2ccncc2)c1F)C(N)=O. The average Bonchev–Trinajstić information content (AvgIpc) is 2.57. The lowest BCUT2D eigenvalue weighted by Gasteiger charge is -2.36. The molecule has 0 aliphatic heterocycles. The number of primary amides is 1. The van der Waals surface area contributed by atoms with Crippen molar-refractivity contribution >= 4 is 13.8 Å². The van der Waals surface area contributed by atoms with Gasteiger partial charge >= 0.3 is 8.32 Å². The Morgan fingerprint density at radius 2 is 1.77 bits per heavy atom. The van der Waals surface area contributed by atoms with Crippen LogP contribution in [-0.4, -0.2) is 18.8 Å². The van der Waals surface area contributed by atoms with Crippen molar-refractivity contribution in [1.82, 2.24) is 4.98 Å². The van der Waals surface area contributed by atoms with Crippen molar-refractivity contribution in [2.75, 3.05) is 0 Å². The van der Waals surface area contributed by atoms with E-state index in [0.717, 1.165) is 5.56 Å². The van der Waals surface area contributed by atoms with Gasteiger partial charge in [0.05, 0.1) is 0 Å². The van der Waals surface area contributed by atoms with E-state index in [2.05, 4.69) is 4.98 Å². The van der Waals surface area contributed by atoms with Gasteiger partial charge in [0.25, 0.3) is 0 Å². The zero-order valence-electron chi connectivity index (χ0n) is 15.5. The number of nitrogens with zero attached hydrogens (tertiary/aromatic N) is 1. The molecule has 0 saturated carbocycles. The van der Waals surface area contributed by atoms with Gasteiger partial charge in [0.1, 0.15) is 0 Å². The van der Waals surface area contributed by atoms with Crippen LogP contribution >= 0.6 is 0 Å². The number of halogens is 2. The van der Waals surface area contributed by atoms with Crippen LogP contribution in [0.15, 0.2) is 36.7 Å². The smallest absolute Gasteiger partial charge is 0.349 e. The van der Waals surface area contributed by atoms with Crippen molar-refractivity contribution in [3.05, 3.63) is 59.4 Å². The minimum absolute atomic E-state index is 0.327. The summed E-state index contributed by atoms with van der Waals surface area (Å²) in [7, 11) is -3.29. The number of carbonyl (C=O) groups excluding carboxylic acids is 1. The lowest BCUT2D eigenvalue weighted by Crippen LogP contribution is -2.57. The first-order valence-electron chi connectivity index (χ1n) is 8.41. The maximum absolute atomic E-state index is 14.9. The highest BCUT2D eigenvalue weighted by atomic mass is 28.4. The molecular formula is C19H24F2N2O2Si. The first-order valence-corrected chi connectivity index (χ1v) is 10.8. The zero-order valence-corrected chi connectivity index (χ0v) is 16.5. The molecule has 2 N–H and O–H groups in total. The van der Waals surface area contributed by atoms with E-state index in [-0.39, 0.29) is 0 Å². The van der Waals surface area contributed by atoms with Gasteiger partial charge in [-0.25, -0.2) is 8.78 Å². The Balaban J connectivity index is 2.33. The first kappa shape index (κ1) is 20.0. The molecule has 4 nitrogen and oxygen atoms in total. The Hall–Kier alpha value is -2.28. The third-order valence-electron chi connectivity index (χ3n) is 4.77. The number of nitrogens with two attached hydrogens (primary N) is 1. The van der Waals surface area contributed by atoms with E-state index in [1.54, 1.807) is 39.7 Å². The predicted octanol–water partition coefficient (Wildman–Crippen LogP) is 4.56. The predicted molar refractivity (Wildman–Crippen MR) is 99.5 cm³/mol. The van der Waals surface area contributed by atoms with Crippen LogP contribution in [0.3, 0.4) is 0 Å². The van der Waals surface area contributed by atoms with Gasteiger partial charge in [-0.15, -0.1) is 0 Å². The Labute approximate surface area is 153 Å². The second kappa shape index (κ2) is 7.53. The van der Waals surface area contributed by atoms with E-state index < -0.39 is 36.3 Å². The molecule has 0 aliphatic rings. The summed E-state index contributed by atoms with van der Waals surface area (Å²) < 4.78 is 34.9. The highest BCUT2D eigenvalue weighted by Gasteiger charge is 2.51. The summed E-state index contributed by atoms with van der Waals surface area (Å²) in [6.45, 7) is 6.94. The Morgan fingerprint density at radius 3 is 2.31 bits per heavy atom. The Morgan fingerprint density at radius 1 is 1.15 bits per heavy atom. The molecule has 140 valence electrons. The average molecular weight is 378 g/mol. The lowest BCUT2D eigenvalue weighted by atomic mass is 10.0. The summed E-state index contributed by atoms with van der Waals surface area (Å²) >= 11 is 0. The topological polar surface area (TPSA) is 65.2 Å². The molecule has 2 aromatic rings. The number of pyridine rings is 1. The molecule has 1 aromatic carbocycles. The van der Waals surface area contributed by atoms with Crippen LogP contribution in [0.4, 0.5) is 13.6 Å². The Bertz CT molecular complexity index is 794. The minimum Gasteiger partial charge on any atom is -0.529 e. The quantitative estimate of drug-likeness (QED) is 0.750. The van der Waals surface area contributed by atoms with E-state index >= 15 is 0 Å². The molecule has 1 atom stereocenters. The number of carbonyl (C=O) groups is 1. The number of hydrogen-bond acceptors (Lipinski definition) is 3. The molecule has 0 fully saturated rings. The zero-order chi connectivity index (χ0) is 19.5. The summed E-state index contributed by atoms with van der Waals surface area (Å²) in [5.74, 6) is -2.12. The van der Waals surface area contributed by atoms with Crippen LogP contribution in [-0.2, 0) is 12.8 Å². The highest BCUT2D eigenvalue weighted by molar-refractivity contribution is 7.02. The van der Waals surface area contributed by atoms with Crippen molar-refractivity contribution in [1.29, 1.82) is 0 Å². The summed E-state index contributed by atoms with van der Waals surface area (Å²) in [5.41, 5.74) is 6.20. The maximum Gasteiger partial charge on any atom is 0.349 e. The van der Waals surface area contributed by atoms with Crippen LogP contribution in [0.1, 0.15) is 31.9 Å². The molecule has 0 aliphatic carbocycles. The maximum atomic E-state index is 14.9. The number of benzene rings is 1. The van der Waals surface area contributed by atoms with Gasteiger partial charge in [-0.1, -0.05) is 26.8 Å². The van der Waals surface area contributed by atoms with Gasteiger partial charge in [-0.3, -0.25) is 9.78 Å². The van der Waals surface area contributed by atoms with Crippen LogP contribution in [0.5, 0.6) is 5.75 Å². The van der Waals surface area contributed by atoms with E-state index in [9.17, 15) is 13.6 Å². The first-order chi connectivity index (χ1) is 12.1. The molecule has 1 aromatic heterocycles. The number of amides is 1. The molecule has 1 heterocycles. The largest absolute Gasteiger partial charge is 0.529 e. The molecule has 0 spiro atoms. The van der Waals surface area contributed by atoms with E-state index in [4.69, 9.17) is 10.2 Å². The van der Waals surface area contributed by atoms with Gasteiger partial charge in [0.15, 0.2) is 17.4 Å². The van der Waals surface area contributed by atoms with Gasteiger partial charge in [0, 0.05) is 12.4 Å².